The normalized spacial score (nSPS) is 24.8. The van der Waals surface area contributed by atoms with Gasteiger partial charge >= 0.3 is 0 Å². The number of amides is 1. The van der Waals surface area contributed by atoms with E-state index in [-0.39, 0.29) is 17.6 Å². The molecule has 2 aliphatic rings. The van der Waals surface area contributed by atoms with Crippen LogP contribution in [0.2, 0.25) is 0 Å². The fourth-order valence-corrected chi connectivity index (χ4v) is 3.51. The molecule has 24 heavy (non-hydrogen) atoms. The highest BCUT2D eigenvalue weighted by Crippen LogP contribution is 2.22. The molecule has 5 nitrogen and oxygen atoms in total. The average molecular weight is 332 g/mol. The molecule has 0 unspecified atom stereocenters. The van der Waals surface area contributed by atoms with Crippen LogP contribution in [0.3, 0.4) is 0 Å². The van der Waals surface area contributed by atoms with E-state index in [0.29, 0.717) is 32.8 Å². The van der Waals surface area contributed by atoms with Gasteiger partial charge in [-0.15, -0.1) is 0 Å². The first-order chi connectivity index (χ1) is 11.5. The Hall–Kier alpha value is -1.43. The zero-order valence-electron chi connectivity index (χ0n) is 14.7. The van der Waals surface area contributed by atoms with Gasteiger partial charge in [0.1, 0.15) is 0 Å². The summed E-state index contributed by atoms with van der Waals surface area (Å²) in [6.45, 7) is 9.36. The lowest BCUT2D eigenvalue weighted by Gasteiger charge is -2.43. The van der Waals surface area contributed by atoms with E-state index in [4.69, 9.17) is 9.47 Å². The molecule has 2 heterocycles. The van der Waals surface area contributed by atoms with Gasteiger partial charge in [-0.3, -0.25) is 9.69 Å². The maximum atomic E-state index is 12.7. The van der Waals surface area contributed by atoms with Crippen molar-refractivity contribution in [1.29, 1.82) is 0 Å². The number of carbonyl (C=O) groups excluding carboxylic acids is 1. The number of carbonyl (C=O) groups is 1. The molecular weight excluding hydrogens is 304 g/mol. The van der Waals surface area contributed by atoms with Crippen molar-refractivity contribution in [2.75, 3.05) is 39.5 Å². The highest BCUT2D eigenvalue weighted by Gasteiger charge is 2.35. The van der Waals surface area contributed by atoms with Gasteiger partial charge < -0.3 is 14.4 Å². The molecule has 0 aromatic heterocycles. The topological polar surface area (TPSA) is 42.0 Å². The van der Waals surface area contributed by atoms with Crippen LogP contribution < -0.4 is 0 Å². The molecule has 3 rings (SSSR count). The van der Waals surface area contributed by atoms with Crippen molar-refractivity contribution in [2.45, 2.75) is 38.5 Å². The van der Waals surface area contributed by atoms with Crippen molar-refractivity contribution in [3.05, 3.63) is 35.9 Å². The van der Waals surface area contributed by atoms with Gasteiger partial charge in [-0.2, -0.15) is 0 Å². The highest BCUT2D eigenvalue weighted by molar-refractivity contribution is 5.77. The van der Waals surface area contributed by atoms with Crippen LogP contribution in [-0.2, 0) is 20.8 Å². The van der Waals surface area contributed by atoms with Gasteiger partial charge in [-0.1, -0.05) is 30.3 Å². The molecule has 0 saturated carbocycles. The Morgan fingerprint density at radius 2 is 2.00 bits per heavy atom. The summed E-state index contributed by atoms with van der Waals surface area (Å²) < 4.78 is 11.4. The third-order valence-corrected chi connectivity index (χ3v) is 4.82. The van der Waals surface area contributed by atoms with E-state index < -0.39 is 0 Å². The molecule has 0 radical (unpaired) electrons. The van der Waals surface area contributed by atoms with E-state index in [2.05, 4.69) is 43.0 Å². The molecule has 1 amide bonds. The predicted octanol–water partition coefficient (Wildman–Crippen LogP) is 1.91. The summed E-state index contributed by atoms with van der Waals surface area (Å²) in [6.07, 6.45) is 0.433. The quantitative estimate of drug-likeness (QED) is 0.845. The standard InChI is InChI=1S/C19H28N2O3/c1-19(2)15-23-10-9-21(19)18(22)12-17-14-20(8-11-24-17)13-16-6-4-3-5-7-16/h3-7,17H,8-15H2,1-2H3/t17-/m0/s1. The van der Waals surface area contributed by atoms with Gasteiger partial charge in [0, 0.05) is 26.2 Å². The average Bonchev–Trinajstić information content (AvgIpc) is 2.55. The van der Waals surface area contributed by atoms with Crippen LogP contribution >= 0.6 is 0 Å². The third kappa shape index (κ3) is 4.35. The van der Waals surface area contributed by atoms with Crippen LogP contribution in [0.4, 0.5) is 0 Å². The molecule has 0 N–H and O–H groups in total. The molecule has 0 spiro atoms. The second-order valence-electron chi connectivity index (χ2n) is 7.33. The SMILES string of the molecule is CC1(C)COCCN1C(=O)C[C@H]1CN(Cc2ccccc2)CCO1. The monoisotopic (exact) mass is 332 g/mol. The van der Waals surface area contributed by atoms with Crippen molar-refractivity contribution >= 4 is 5.91 Å². The maximum Gasteiger partial charge on any atom is 0.225 e. The number of benzene rings is 1. The minimum atomic E-state index is -0.228. The Morgan fingerprint density at radius 1 is 1.21 bits per heavy atom. The van der Waals surface area contributed by atoms with E-state index in [1.807, 2.05) is 11.0 Å². The van der Waals surface area contributed by atoms with Crippen molar-refractivity contribution in [1.82, 2.24) is 9.80 Å². The number of hydrogen-bond acceptors (Lipinski definition) is 4. The van der Waals surface area contributed by atoms with Crippen molar-refractivity contribution in [3.8, 4) is 0 Å². The van der Waals surface area contributed by atoms with Crippen molar-refractivity contribution in [3.63, 3.8) is 0 Å². The first-order valence-corrected chi connectivity index (χ1v) is 8.81. The van der Waals surface area contributed by atoms with Gasteiger partial charge in [0.25, 0.3) is 0 Å². The molecule has 2 fully saturated rings. The highest BCUT2D eigenvalue weighted by atomic mass is 16.5. The summed E-state index contributed by atoms with van der Waals surface area (Å²) in [5.74, 6) is 0.176. The Bertz CT molecular complexity index is 547. The first-order valence-electron chi connectivity index (χ1n) is 8.81. The lowest BCUT2D eigenvalue weighted by Crippen LogP contribution is -2.56. The van der Waals surface area contributed by atoms with E-state index in [0.717, 1.165) is 19.6 Å². The van der Waals surface area contributed by atoms with Crippen LogP contribution in [0.15, 0.2) is 30.3 Å². The zero-order chi connectivity index (χ0) is 17.0. The molecule has 0 aliphatic carbocycles. The number of morpholine rings is 2. The van der Waals surface area contributed by atoms with Crippen LogP contribution in [0, 0.1) is 0 Å². The Kier molecular flexibility index (Phi) is 5.54. The largest absolute Gasteiger partial charge is 0.377 e. The Balaban J connectivity index is 1.54. The molecule has 2 aliphatic heterocycles. The minimum Gasteiger partial charge on any atom is -0.377 e. The summed E-state index contributed by atoms with van der Waals surface area (Å²) in [7, 11) is 0. The number of hydrogen-bond donors (Lipinski definition) is 0. The summed E-state index contributed by atoms with van der Waals surface area (Å²) in [5, 5.41) is 0. The van der Waals surface area contributed by atoms with Crippen LogP contribution in [0.1, 0.15) is 25.8 Å². The molecule has 1 atom stereocenters. The molecule has 0 bridgehead atoms. The second kappa shape index (κ2) is 7.64. The fourth-order valence-electron chi connectivity index (χ4n) is 3.51. The van der Waals surface area contributed by atoms with Crippen LogP contribution in [0.25, 0.3) is 0 Å². The predicted molar refractivity (Wildman–Crippen MR) is 92.7 cm³/mol. The van der Waals surface area contributed by atoms with E-state index in [1.165, 1.54) is 5.56 Å². The van der Waals surface area contributed by atoms with Crippen LogP contribution in [-0.4, -0.2) is 66.8 Å². The van der Waals surface area contributed by atoms with Crippen molar-refractivity contribution in [2.24, 2.45) is 0 Å². The van der Waals surface area contributed by atoms with E-state index in [1.54, 1.807) is 0 Å². The Morgan fingerprint density at radius 3 is 2.75 bits per heavy atom. The van der Waals surface area contributed by atoms with Crippen LogP contribution in [0.5, 0.6) is 0 Å². The molecule has 1 aromatic carbocycles. The molecule has 132 valence electrons. The first kappa shape index (κ1) is 17.4. The smallest absolute Gasteiger partial charge is 0.225 e. The summed E-state index contributed by atoms with van der Waals surface area (Å²) in [6, 6.07) is 10.5. The number of rotatable bonds is 4. The molecular formula is C19H28N2O3. The van der Waals surface area contributed by atoms with E-state index >= 15 is 0 Å². The number of nitrogens with zero attached hydrogens (tertiary/aromatic N) is 2. The number of ether oxygens (including phenoxy) is 2. The molecule has 2 saturated heterocycles. The van der Waals surface area contributed by atoms with Gasteiger partial charge in [0.15, 0.2) is 0 Å². The molecule has 5 heteroatoms. The lowest BCUT2D eigenvalue weighted by atomic mass is 10.0. The second-order valence-corrected chi connectivity index (χ2v) is 7.33. The molecule has 1 aromatic rings. The Labute approximate surface area is 144 Å². The van der Waals surface area contributed by atoms with Gasteiger partial charge in [-0.05, 0) is 19.4 Å². The third-order valence-electron chi connectivity index (χ3n) is 4.82. The minimum absolute atomic E-state index is 0.0198. The van der Waals surface area contributed by atoms with Gasteiger partial charge in [-0.25, -0.2) is 0 Å². The van der Waals surface area contributed by atoms with E-state index in [9.17, 15) is 4.79 Å². The summed E-state index contributed by atoms with van der Waals surface area (Å²) in [5.41, 5.74) is 1.08. The fraction of sp³-hybridized carbons (Fsp3) is 0.632. The summed E-state index contributed by atoms with van der Waals surface area (Å²) >= 11 is 0. The lowest BCUT2D eigenvalue weighted by molar-refractivity contribution is -0.151. The zero-order valence-corrected chi connectivity index (χ0v) is 14.7. The maximum absolute atomic E-state index is 12.7. The van der Waals surface area contributed by atoms with Crippen molar-refractivity contribution < 1.29 is 14.3 Å². The van der Waals surface area contributed by atoms with Gasteiger partial charge in [0.2, 0.25) is 5.91 Å². The van der Waals surface area contributed by atoms with Gasteiger partial charge in [0.05, 0.1) is 37.9 Å². The summed E-state index contributed by atoms with van der Waals surface area (Å²) in [4.78, 5) is 17.0.